The number of hydrogen-bond donors (Lipinski definition) is 2. The zero-order valence-electron chi connectivity index (χ0n) is 10.1. The minimum atomic E-state index is -0.755. The van der Waals surface area contributed by atoms with Crippen LogP contribution < -0.4 is 10.1 Å². The lowest BCUT2D eigenvalue weighted by Crippen LogP contribution is -2.23. The molecule has 0 aliphatic rings. The van der Waals surface area contributed by atoms with E-state index in [9.17, 15) is 14.5 Å². The number of ether oxygens (including phenoxy) is 1. The highest BCUT2D eigenvalue weighted by molar-refractivity contribution is 5.59. The molecule has 2 N–H and O–H groups in total. The van der Waals surface area contributed by atoms with E-state index in [1.807, 2.05) is 6.92 Å². The van der Waals surface area contributed by atoms with Crippen molar-refractivity contribution in [3.8, 4) is 5.75 Å². The molecule has 0 bridgehead atoms. The van der Waals surface area contributed by atoms with Crippen LogP contribution in [-0.4, -0.2) is 29.8 Å². The second-order valence-electron chi connectivity index (χ2n) is 3.69. The zero-order valence-corrected chi connectivity index (χ0v) is 10.1. The van der Waals surface area contributed by atoms with E-state index in [-0.39, 0.29) is 24.1 Å². The topological polar surface area (TPSA) is 84.6 Å². The third kappa shape index (κ3) is 3.07. The van der Waals surface area contributed by atoms with Gasteiger partial charge in [0.15, 0.2) is 11.6 Å². The lowest BCUT2D eigenvalue weighted by atomic mass is 10.2. The van der Waals surface area contributed by atoms with Crippen LogP contribution in [0, 0.1) is 15.9 Å². The van der Waals surface area contributed by atoms with Gasteiger partial charge in [-0.05, 0) is 6.42 Å². The predicted molar refractivity (Wildman–Crippen MR) is 64.4 cm³/mol. The lowest BCUT2D eigenvalue weighted by molar-refractivity contribution is -0.385. The smallest absolute Gasteiger partial charge is 0.313 e. The number of aliphatic hydroxyl groups excluding tert-OH is 1. The Morgan fingerprint density at radius 1 is 1.61 bits per heavy atom. The van der Waals surface area contributed by atoms with Crippen LogP contribution in [-0.2, 0) is 0 Å². The number of rotatable bonds is 6. The quantitative estimate of drug-likeness (QED) is 0.601. The number of benzene rings is 1. The Balaban J connectivity index is 3.11. The second kappa shape index (κ2) is 6.15. The molecule has 1 aromatic carbocycles. The number of hydrogen-bond acceptors (Lipinski definition) is 5. The second-order valence-corrected chi connectivity index (χ2v) is 3.69. The normalized spacial score (nSPS) is 12.0. The summed E-state index contributed by atoms with van der Waals surface area (Å²) in [6, 6.07) is 1.70. The molecule has 0 aliphatic carbocycles. The minimum absolute atomic E-state index is 0.0308. The highest BCUT2D eigenvalue weighted by Gasteiger charge is 2.20. The average Bonchev–Trinajstić information content (AvgIpc) is 2.36. The van der Waals surface area contributed by atoms with Gasteiger partial charge in [-0.2, -0.15) is 0 Å². The molecule has 1 rings (SSSR count). The third-order valence-electron chi connectivity index (χ3n) is 2.54. The van der Waals surface area contributed by atoms with Crippen molar-refractivity contribution in [2.45, 2.75) is 19.4 Å². The molecule has 7 heteroatoms. The standard InChI is InChI=1S/C11H15FN2O4/c1-3-7(6-15)13-9-5-11(18-2)10(14(16)17)4-8(9)12/h4-5,7,13,15H,3,6H2,1-2H3. The van der Waals surface area contributed by atoms with Crippen molar-refractivity contribution in [1.29, 1.82) is 0 Å². The van der Waals surface area contributed by atoms with E-state index in [0.29, 0.717) is 6.42 Å². The van der Waals surface area contributed by atoms with Crippen molar-refractivity contribution < 1.29 is 19.2 Å². The molecule has 0 spiro atoms. The molecule has 0 fully saturated rings. The van der Waals surface area contributed by atoms with Gasteiger partial charge in [-0.25, -0.2) is 4.39 Å². The van der Waals surface area contributed by atoms with Crippen molar-refractivity contribution >= 4 is 11.4 Å². The number of nitrogens with zero attached hydrogens (tertiary/aromatic N) is 1. The van der Waals surface area contributed by atoms with Crippen LogP contribution in [0.2, 0.25) is 0 Å². The molecule has 0 aliphatic heterocycles. The van der Waals surface area contributed by atoms with Gasteiger partial charge in [-0.15, -0.1) is 0 Å². The van der Waals surface area contributed by atoms with Gasteiger partial charge in [-0.3, -0.25) is 10.1 Å². The summed E-state index contributed by atoms with van der Waals surface area (Å²) in [5.74, 6) is -0.786. The minimum Gasteiger partial charge on any atom is -0.490 e. The summed E-state index contributed by atoms with van der Waals surface area (Å²) in [6.07, 6.45) is 0.593. The molecular weight excluding hydrogens is 243 g/mol. The maximum absolute atomic E-state index is 13.7. The van der Waals surface area contributed by atoms with Crippen LogP contribution >= 0.6 is 0 Å². The molecule has 1 aromatic rings. The lowest BCUT2D eigenvalue weighted by Gasteiger charge is -2.16. The summed E-state index contributed by atoms with van der Waals surface area (Å²) in [5.41, 5.74) is -0.365. The molecule has 18 heavy (non-hydrogen) atoms. The largest absolute Gasteiger partial charge is 0.490 e. The zero-order chi connectivity index (χ0) is 13.7. The summed E-state index contributed by atoms with van der Waals surface area (Å²) >= 11 is 0. The van der Waals surface area contributed by atoms with Crippen LogP contribution in [0.3, 0.4) is 0 Å². The van der Waals surface area contributed by atoms with Gasteiger partial charge in [-0.1, -0.05) is 6.92 Å². The van der Waals surface area contributed by atoms with Crippen LogP contribution in [0.1, 0.15) is 13.3 Å². The highest BCUT2D eigenvalue weighted by Crippen LogP contribution is 2.32. The molecule has 0 saturated carbocycles. The van der Waals surface area contributed by atoms with E-state index in [1.165, 1.54) is 13.2 Å². The van der Waals surface area contributed by atoms with E-state index < -0.39 is 16.4 Å². The fourth-order valence-electron chi connectivity index (χ4n) is 1.46. The van der Waals surface area contributed by atoms with Crippen molar-refractivity contribution in [2.75, 3.05) is 19.0 Å². The summed E-state index contributed by atoms with van der Waals surface area (Å²) in [4.78, 5) is 9.96. The number of nitro groups is 1. The number of aliphatic hydroxyl groups is 1. The van der Waals surface area contributed by atoms with Crippen LogP contribution in [0.15, 0.2) is 12.1 Å². The fourth-order valence-corrected chi connectivity index (χ4v) is 1.46. The fraction of sp³-hybridized carbons (Fsp3) is 0.455. The number of anilines is 1. The van der Waals surface area contributed by atoms with Gasteiger partial charge in [0.25, 0.3) is 0 Å². The van der Waals surface area contributed by atoms with Crippen molar-refractivity contribution in [3.63, 3.8) is 0 Å². The first-order valence-corrected chi connectivity index (χ1v) is 5.42. The number of methoxy groups -OCH3 is 1. The molecule has 0 radical (unpaired) electrons. The van der Waals surface area contributed by atoms with Gasteiger partial charge < -0.3 is 15.2 Å². The third-order valence-corrected chi connectivity index (χ3v) is 2.54. The summed E-state index contributed by atoms with van der Waals surface area (Å²) in [5, 5.41) is 22.5. The Labute approximate surface area is 104 Å². The SMILES string of the molecule is CCC(CO)Nc1cc(OC)c([N+](=O)[O-])cc1F. The van der Waals surface area contributed by atoms with Gasteiger partial charge in [0.2, 0.25) is 0 Å². The maximum Gasteiger partial charge on any atom is 0.313 e. The molecule has 0 aromatic heterocycles. The molecule has 6 nitrogen and oxygen atoms in total. The first kappa shape index (κ1) is 14.2. The molecule has 100 valence electrons. The van der Waals surface area contributed by atoms with E-state index >= 15 is 0 Å². The molecule has 1 unspecified atom stereocenters. The van der Waals surface area contributed by atoms with Crippen LogP contribution in [0.25, 0.3) is 0 Å². The first-order valence-electron chi connectivity index (χ1n) is 5.42. The summed E-state index contributed by atoms with van der Waals surface area (Å²) in [6.45, 7) is 1.67. The van der Waals surface area contributed by atoms with Gasteiger partial charge in [0, 0.05) is 12.1 Å². The highest BCUT2D eigenvalue weighted by atomic mass is 19.1. The van der Waals surface area contributed by atoms with E-state index in [1.54, 1.807) is 0 Å². The average molecular weight is 258 g/mol. The summed E-state index contributed by atoms with van der Waals surface area (Å²) < 4.78 is 18.5. The molecule has 0 amide bonds. The molecule has 0 heterocycles. The monoisotopic (exact) mass is 258 g/mol. The van der Waals surface area contributed by atoms with Crippen molar-refractivity contribution in [2.24, 2.45) is 0 Å². The van der Waals surface area contributed by atoms with E-state index in [2.05, 4.69) is 5.32 Å². The van der Waals surface area contributed by atoms with Crippen LogP contribution in [0.4, 0.5) is 15.8 Å². The van der Waals surface area contributed by atoms with Gasteiger partial charge in [0.05, 0.1) is 30.4 Å². The Morgan fingerprint density at radius 2 is 2.28 bits per heavy atom. The molecule has 1 atom stereocenters. The van der Waals surface area contributed by atoms with Crippen LogP contribution in [0.5, 0.6) is 5.75 Å². The Hall–Kier alpha value is -1.89. The molecular formula is C11H15FN2O4. The van der Waals surface area contributed by atoms with Crippen molar-refractivity contribution in [3.05, 3.63) is 28.1 Å². The Kier molecular flexibility index (Phi) is 4.85. The Bertz CT molecular complexity index is 435. The number of halogens is 1. The Morgan fingerprint density at radius 3 is 2.72 bits per heavy atom. The van der Waals surface area contributed by atoms with E-state index in [4.69, 9.17) is 9.84 Å². The van der Waals surface area contributed by atoms with Crippen molar-refractivity contribution in [1.82, 2.24) is 0 Å². The van der Waals surface area contributed by atoms with Gasteiger partial charge >= 0.3 is 5.69 Å². The summed E-state index contributed by atoms with van der Waals surface area (Å²) in [7, 11) is 1.27. The number of nitro benzene ring substituents is 1. The molecule has 0 saturated heterocycles. The number of nitrogens with one attached hydrogen (secondary N) is 1. The first-order chi connectivity index (χ1) is 8.53. The van der Waals surface area contributed by atoms with E-state index in [0.717, 1.165) is 6.07 Å². The maximum atomic E-state index is 13.7. The predicted octanol–water partition coefficient (Wildman–Crippen LogP) is 1.93. The van der Waals surface area contributed by atoms with Gasteiger partial charge in [0.1, 0.15) is 0 Å².